The molecule has 2 atom stereocenters. The number of hydrogen-bond donors (Lipinski definition) is 2. The molecule has 1 aromatic rings. The van der Waals surface area contributed by atoms with Crippen LogP contribution in [0, 0.1) is 0 Å². The number of nitrogens with one attached hydrogen (secondary N) is 1. The lowest BCUT2D eigenvalue weighted by Crippen LogP contribution is -2.34. The molecule has 2 fully saturated rings. The normalized spacial score (nSPS) is 26.8. The van der Waals surface area contributed by atoms with Crippen LogP contribution in [0.2, 0.25) is 0 Å². The van der Waals surface area contributed by atoms with Gasteiger partial charge in [0.05, 0.1) is 0 Å². The van der Waals surface area contributed by atoms with Gasteiger partial charge in [-0.3, -0.25) is 4.90 Å². The fourth-order valence-corrected chi connectivity index (χ4v) is 3.32. The summed E-state index contributed by atoms with van der Waals surface area (Å²) in [5, 5.41) is 3.59. The van der Waals surface area contributed by atoms with Crippen LogP contribution in [0.4, 0.5) is 11.6 Å². The molecular weight excluding hydrogens is 250 g/mol. The number of anilines is 2. The maximum atomic E-state index is 5.94. The van der Waals surface area contributed by atoms with Crippen molar-refractivity contribution in [2.75, 3.05) is 24.1 Å². The highest BCUT2D eigenvalue weighted by Crippen LogP contribution is 2.30. The van der Waals surface area contributed by atoms with Gasteiger partial charge in [0, 0.05) is 30.1 Å². The van der Waals surface area contributed by atoms with E-state index in [1.165, 1.54) is 32.4 Å². The number of nitrogens with zero attached hydrogens (tertiary/aromatic N) is 3. The van der Waals surface area contributed by atoms with Crippen LogP contribution in [0.1, 0.15) is 45.9 Å². The molecule has 1 aromatic heterocycles. The van der Waals surface area contributed by atoms with Gasteiger partial charge in [-0.1, -0.05) is 20.8 Å². The summed E-state index contributed by atoms with van der Waals surface area (Å²) in [7, 11) is 0. The summed E-state index contributed by atoms with van der Waals surface area (Å²) in [6.45, 7) is 8.79. The maximum absolute atomic E-state index is 5.94. The van der Waals surface area contributed by atoms with E-state index < -0.39 is 0 Å². The Kier molecular flexibility index (Phi) is 3.32. The Balaban J connectivity index is 1.79. The molecule has 2 aliphatic rings. The Hall–Kier alpha value is -1.36. The lowest BCUT2D eigenvalue weighted by molar-refractivity contribution is 0.318. The fraction of sp³-hybridized carbons (Fsp3) is 0.733. The number of aromatic nitrogens is 2. The number of fused-ring (bicyclic) bond motifs is 1. The van der Waals surface area contributed by atoms with Crippen molar-refractivity contribution in [1.82, 2.24) is 14.9 Å². The van der Waals surface area contributed by atoms with Gasteiger partial charge in [0.2, 0.25) is 0 Å². The van der Waals surface area contributed by atoms with E-state index in [9.17, 15) is 0 Å². The number of hydrogen-bond acceptors (Lipinski definition) is 5. The first-order valence-electron chi connectivity index (χ1n) is 7.59. The van der Waals surface area contributed by atoms with E-state index >= 15 is 0 Å². The van der Waals surface area contributed by atoms with Crippen molar-refractivity contribution in [2.45, 2.75) is 57.5 Å². The number of nitrogen functional groups attached to an aromatic ring is 1. The first kappa shape index (κ1) is 13.6. The molecule has 0 aromatic carbocycles. The summed E-state index contributed by atoms with van der Waals surface area (Å²) in [6.07, 6.45) is 3.81. The van der Waals surface area contributed by atoms with E-state index in [1.54, 1.807) is 0 Å². The van der Waals surface area contributed by atoms with Gasteiger partial charge in [-0.05, 0) is 25.8 Å². The number of nitrogens with two attached hydrogens (primary N) is 1. The molecule has 3 N–H and O–H groups in total. The smallest absolute Gasteiger partial charge is 0.138 e. The molecule has 0 amide bonds. The first-order valence-corrected chi connectivity index (χ1v) is 7.59. The van der Waals surface area contributed by atoms with Gasteiger partial charge in [0.25, 0.3) is 0 Å². The van der Waals surface area contributed by atoms with E-state index in [4.69, 9.17) is 5.73 Å². The molecule has 20 heavy (non-hydrogen) atoms. The molecule has 2 saturated heterocycles. The van der Waals surface area contributed by atoms with Crippen molar-refractivity contribution < 1.29 is 0 Å². The summed E-state index contributed by atoms with van der Waals surface area (Å²) < 4.78 is 0. The molecule has 3 heterocycles. The summed E-state index contributed by atoms with van der Waals surface area (Å²) in [4.78, 5) is 11.6. The van der Waals surface area contributed by atoms with Gasteiger partial charge in [0.1, 0.15) is 17.5 Å². The van der Waals surface area contributed by atoms with Crippen LogP contribution in [0.5, 0.6) is 0 Å². The van der Waals surface area contributed by atoms with E-state index in [-0.39, 0.29) is 5.41 Å². The second-order valence-electron chi connectivity index (χ2n) is 7.04. The first-order chi connectivity index (χ1) is 9.43. The topological polar surface area (TPSA) is 67.1 Å². The molecule has 0 bridgehead atoms. The third kappa shape index (κ3) is 2.59. The van der Waals surface area contributed by atoms with E-state index in [2.05, 4.69) is 41.0 Å². The van der Waals surface area contributed by atoms with Crippen LogP contribution in [0.3, 0.4) is 0 Å². The number of rotatable bonds is 2. The van der Waals surface area contributed by atoms with Gasteiger partial charge in [-0.25, -0.2) is 9.97 Å². The maximum Gasteiger partial charge on any atom is 0.138 e. The predicted octanol–water partition coefficient (Wildman–Crippen LogP) is 2.00. The molecule has 0 spiro atoms. The molecule has 0 aliphatic carbocycles. The van der Waals surface area contributed by atoms with Crippen molar-refractivity contribution in [1.29, 1.82) is 0 Å². The van der Waals surface area contributed by atoms with Crippen molar-refractivity contribution in [2.24, 2.45) is 0 Å². The molecule has 0 saturated carbocycles. The molecule has 5 heteroatoms. The van der Waals surface area contributed by atoms with Crippen molar-refractivity contribution >= 4 is 11.6 Å². The third-order valence-electron chi connectivity index (χ3n) is 4.36. The summed E-state index contributed by atoms with van der Waals surface area (Å²) in [6, 6.07) is 3.02. The van der Waals surface area contributed by atoms with Crippen LogP contribution in [0.15, 0.2) is 6.07 Å². The summed E-state index contributed by atoms with van der Waals surface area (Å²) >= 11 is 0. The zero-order valence-corrected chi connectivity index (χ0v) is 12.7. The van der Waals surface area contributed by atoms with Crippen LogP contribution >= 0.6 is 0 Å². The monoisotopic (exact) mass is 275 g/mol. The SMILES string of the molecule is CC(C)(C)c1nc(N)cc(NC2CCN3CCCC23)n1. The minimum atomic E-state index is -0.0825. The van der Waals surface area contributed by atoms with Crippen molar-refractivity contribution in [3.63, 3.8) is 0 Å². The van der Waals surface area contributed by atoms with Crippen LogP contribution < -0.4 is 11.1 Å². The Morgan fingerprint density at radius 2 is 2.05 bits per heavy atom. The molecule has 110 valence electrons. The summed E-state index contributed by atoms with van der Waals surface area (Å²) in [5.74, 6) is 2.23. The highest BCUT2D eigenvalue weighted by Gasteiger charge is 2.37. The van der Waals surface area contributed by atoms with Gasteiger partial charge in [-0.2, -0.15) is 0 Å². The van der Waals surface area contributed by atoms with Crippen LogP contribution in [0.25, 0.3) is 0 Å². The van der Waals surface area contributed by atoms with Crippen LogP contribution in [-0.4, -0.2) is 40.0 Å². The predicted molar refractivity (Wildman–Crippen MR) is 81.8 cm³/mol. The molecule has 0 radical (unpaired) electrons. The molecule has 3 rings (SSSR count). The zero-order valence-electron chi connectivity index (χ0n) is 12.7. The van der Waals surface area contributed by atoms with Crippen molar-refractivity contribution in [3.05, 3.63) is 11.9 Å². The molecule has 2 aliphatic heterocycles. The lowest BCUT2D eigenvalue weighted by Gasteiger charge is -2.23. The standard InChI is InChI=1S/C15H25N5/c1-15(2,3)14-18-12(16)9-13(19-14)17-10-6-8-20-7-4-5-11(10)20/h9-11H,4-8H2,1-3H3,(H3,16,17,18,19). The van der Waals surface area contributed by atoms with Gasteiger partial charge < -0.3 is 11.1 Å². The van der Waals surface area contributed by atoms with Gasteiger partial charge in [0.15, 0.2) is 0 Å². The van der Waals surface area contributed by atoms with Crippen molar-refractivity contribution in [3.8, 4) is 0 Å². The minimum Gasteiger partial charge on any atom is -0.384 e. The van der Waals surface area contributed by atoms with Gasteiger partial charge in [-0.15, -0.1) is 0 Å². The Morgan fingerprint density at radius 3 is 2.80 bits per heavy atom. The quantitative estimate of drug-likeness (QED) is 0.864. The third-order valence-corrected chi connectivity index (χ3v) is 4.36. The Bertz CT molecular complexity index is 494. The molecule has 5 nitrogen and oxygen atoms in total. The fourth-order valence-electron chi connectivity index (χ4n) is 3.32. The second kappa shape index (κ2) is 4.88. The highest BCUT2D eigenvalue weighted by atomic mass is 15.2. The zero-order chi connectivity index (χ0) is 14.3. The van der Waals surface area contributed by atoms with E-state index in [0.717, 1.165) is 11.6 Å². The Morgan fingerprint density at radius 1 is 1.25 bits per heavy atom. The Labute approximate surface area is 121 Å². The lowest BCUT2D eigenvalue weighted by atomic mass is 9.96. The second-order valence-corrected chi connectivity index (χ2v) is 7.04. The minimum absolute atomic E-state index is 0.0825. The molecular formula is C15H25N5. The highest BCUT2D eigenvalue weighted by molar-refractivity contribution is 5.46. The van der Waals surface area contributed by atoms with Gasteiger partial charge >= 0.3 is 0 Å². The van der Waals surface area contributed by atoms with Crippen LogP contribution in [-0.2, 0) is 5.41 Å². The van der Waals surface area contributed by atoms with E-state index in [0.29, 0.717) is 17.9 Å². The summed E-state index contributed by atoms with van der Waals surface area (Å²) in [5.41, 5.74) is 5.85. The van der Waals surface area contributed by atoms with E-state index in [1.807, 2.05) is 6.07 Å². The average Bonchev–Trinajstić information content (AvgIpc) is 2.92. The largest absolute Gasteiger partial charge is 0.384 e. The average molecular weight is 275 g/mol. The molecule has 2 unspecified atom stereocenters.